The van der Waals surface area contributed by atoms with Gasteiger partial charge in [-0.05, 0) is 49.6 Å². The monoisotopic (exact) mass is 297 g/mol. The molecule has 19 heavy (non-hydrogen) atoms. The summed E-state index contributed by atoms with van der Waals surface area (Å²) in [5.41, 5.74) is 1.36. The quantitative estimate of drug-likeness (QED) is 0.718. The lowest BCUT2D eigenvalue weighted by Crippen LogP contribution is -2.15. The molecule has 0 aromatic heterocycles. The van der Waals surface area contributed by atoms with E-state index in [4.69, 9.17) is 11.6 Å². The Bertz CT molecular complexity index is 388. The minimum Gasteiger partial charge on any atom is -0.313 e. The molecule has 1 aliphatic carbocycles. The smallest absolute Gasteiger partial charge is 0.0410 e. The van der Waals surface area contributed by atoms with E-state index >= 15 is 0 Å². The van der Waals surface area contributed by atoms with Gasteiger partial charge in [0.05, 0.1) is 0 Å². The molecular formula is C16H24ClNS. The van der Waals surface area contributed by atoms with Crippen molar-refractivity contribution >= 4 is 23.4 Å². The zero-order valence-corrected chi connectivity index (χ0v) is 13.3. The third kappa shape index (κ3) is 5.02. The van der Waals surface area contributed by atoms with Crippen molar-refractivity contribution in [2.75, 3.05) is 6.54 Å². The van der Waals surface area contributed by atoms with Gasteiger partial charge in [0, 0.05) is 21.7 Å². The summed E-state index contributed by atoms with van der Waals surface area (Å²) in [5.74, 6) is 0. The normalized spacial score (nSPS) is 16.7. The Hall–Kier alpha value is -0.180. The fraction of sp³-hybridized carbons (Fsp3) is 0.625. The molecule has 1 nitrogen and oxygen atoms in total. The largest absolute Gasteiger partial charge is 0.313 e. The van der Waals surface area contributed by atoms with E-state index in [1.54, 1.807) is 0 Å². The van der Waals surface area contributed by atoms with Crippen molar-refractivity contribution in [3.63, 3.8) is 0 Å². The second kappa shape index (κ2) is 8.18. The zero-order valence-electron chi connectivity index (χ0n) is 11.8. The molecule has 1 fully saturated rings. The predicted octanol–water partition coefficient (Wildman–Crippen LogP) is 5.26. The van der Waals surface area contributed by atoms with E-state index in [-0.39, 0.29) is 0 Å². The van der Waals surface area contributed by atoms with E-state index in [1.807, 2.05) is 6.07 Å². The minimum absolute atomic E-state index is 0.805. The van der Waals surface area contributed by atoms with E-state index in [0.29, 0.717) is 0 Å². The highest BCUT2D eigenvalue weighted by Crippen LogP contribution is 2.36. The predicted molar refractivity (Wildman–Crippen MR) is 86.2 cm³/mol. The van der Waals surface area contributed by atoms with Crippen LogP contribution in [0.2, 0.25) is 5.02 Å². The summed E-state index contributed by atoms with van der Waals surface area (Å²) in [6.07, 6.45) is 8.13. The molecule has 0 aliphatic heterocycles. The molecule has 0 radical (unpaired) electrons. The molecular weight excluding hydrogens is 274 g/mol. The number of nitrogens with one attached hydrogen (secondary N) is 1. The van der Waals surface area contributed by atoms with Crippen LogP contribution < -0.4 is 5.32 Å². The van der Waals surface area contributed by atoms with Gasteiger partial charge in [0.1, 0.15) is 0 Å². The van der Waals surface area contributed by atoms with Crippen LogP contribution in [0.15, 0.2) is 23.1 Å². The van der Waals surface area contributed by atoms with Crippen LogP contribution in [-0.4, -0.2) is 11.8 Å². The molecule has 0 unspecified atom stereocenters. The SMILES string of the molecule is CCCNCc1cc(Cl)ccc1SC1CCCCC1. The Labute approximate surface area is 126 Å². The molecule has 1 aliphatic rings. The van der Waals surface area contributed by atoms with E-state index in [0.717, 1.165) is 23.4 Å². The molecule has 3 heteroatoms. The Morgan fingerprint density at radius 3 is 2.79 bits per heavy atom. The first-order valence-electron chi connectivity index (χ1n) is 7.45. The Kier molecular flexibility index (Phi) is 6.55. The highest BCUT2D eigenvalue weighted by atomic mass is 35.5. The van der Waals surface area contributed by atoms with Crippen LogP contribution in [-0.2, 0) is 6.54 Å². The van der Waals surface area contributed by atoms with E-state index in [1.165, 1.54) is 49.0 Å². The van der Waals surface area contributed by atoms with Crippen molar-refractivity contribution in [2.24, 2.45) is 0 Å². The molecule has 1 aromatic rings. The maximum atomic E-state index is 6.14. The van der Waals surface area contributed by atoms with Crippen molar-refractivity contribution in [3.05, 3.63) is 28.8 Å². The molecule has 106 valence electrons. The fourth-order valence-corrected chi connectivity index (χ4v) is 4.12. The van der Waals surface area contributed by atoms with Crippen LogP contribution in [0, 0.1) is 0 Å². The van der Waals surface area contributed by atoms with E-state index in [9.17, 15) is 0 Å². The average Bonchev–Trinajstić information content (AvgIpc) is 2.43. The topological polar surface area (TPSA) is 12.0 Å². The third-order valence-corrected chi connectivity index (χ3v) is 5.30. The van der Waals surface area contributed by atoms with Crippen molar-refractivity contribution in [1.29, 1.82) is 0 Å². The highest BCUT2D eigenvalue weighted by Gasteiger charge is 2.16. The summed E-state index contributed by atoms with van der Waals surface area (Å²) in [5, 5.41) is 5.14. The number of halogens is 1. The minimum atomic E-state index is 0.805. The first-order chi connectivity index (χ1) is 9.29. The Morgan fingerprint density at radius 1 is 1.26 bits per heavy atom. The van der Waals surface area contributed by atoms with E-state index < -0.39 is 0 Å². The molecule has 0 saturated heterocycles. The molecule has 0 spiro atoms. The van der Waals surface area contributed by atoms with Gasteiger partial charge in [-0.3, -0.25) is 0 Å². The summed E-state index contributed by atoms with van der Waals surface area (Å²) in [4.78, 5) is 1.42. The highest BCUT2D eigenvalue weighted by molar-refractivity contribution is 8.00. The molecule has 0 amide bonds. The van der Waals surface area contributed by atoms with Crippen LogP contribution in [0.4, 0.5) is 0 Å². The number of hydrogen-bond acceptors (Lipinski definition) is 2. The Morgan fingerprint density at radius 2 is 2.05 bits per heavy atom. The van der Waals surface area contributed by atoms with Crippen LogP contribution >= 0.6 is 23.4 Å². The molecule has 0 heterocycles. The van der Waals surface area contributed by atoms with Gasteiger partial charge in [-0.2, -0.15) is 0 Å². The second-order valence-corrected chi connectivity index (χ2v) is 7.09. The average molecular weight is 298 g/mol. The van der Waals surface area contributed by atoms with Crippen LogP contribution in [0.25, 0.3) is 0 Å². The fourth-order valence-electron chi connectivity index (χ4n) is 2.56. The standard InChI is InChI=1S/C16H24ClNS/c1-2-10-18-12-13-11-14(17)8-9-16(13)19-15-6-4-3-5-7-15/h8-9,11,15,18H,2-7,10,12H2,1H3. The maximum absolute atomic E-state index is 6.14. The first-order valence-corrected chi connectivity index (χ1v) is 8.71. The number of hydrogen-bond donors (Lipinski definition) is 1. The van der Waals surface area contributed by atoms with Crippen molar-refractivity contribution in [3.8, 4) is 0 Å². The molecule has 1 N–H and O–H groups in total. The van der Waals surface area contributed by atoms with Crippen molar-refractivity contribution in [1.82, 2.24) is 5.32 Å². The Balaban J connectivity index is 2.00. The van der Waals surface area contributed by atoms with Gasteiger partial charge < -0.3 is 5.32 Å². The van der Waals surface area contributed by atoms with Gasteiger partial charge in [-0.1, -0.05) is 37.8 Å². The van der Waals surface area contributed by atoms with Crippen LogP contribution in [0.1, 0.15) is 51.0 Å². The number of benzene rings is 1. The molecule has 2 rings (SSSR count). The van der Waals surface area contributed by atoms with Gasteiger partial charge in [-0.15, -0.1) is 11.8 Å². The van der Waals surface area contributed by atoms with Crippen LogP contribution in [0.3, 0.4) is 0 Å². The van der Waals surface area contributed by atoms with Gasteiger partial charge >= 0.3 is 0 Å². The van der Waals surface area contributed by atoms with Gasteiger partial charge in [0.2, 0.25) is 0 Å². The van der Waals surface area contributed by atoms with Crippen molar-refractivity contribution in [2.45, 2.75) is 62.1 Å². The summed E-state index contributed by atoms with van der Waals surface area (Å²) in [6.45, 7) is 4.20. The van der Waals surface area contributed by atoms with Crippen molar-refractivity contribution < 1.29 is 0 Å². The lowest BCUT2D eigenvalue weighted by atomic mass is 10.0. The zero-order chi connectivity index (χ0) is 13.5. The number of thioether (sulfide) groups is 1. The van der Waals surface area contributed by atoms with Gasteiger partial charge in [-0.25, -0.2) is 0 Å². The molecule has 1 aromatic carbocycles. The summed E-state index contributed by atoms with van der Waals surface area (Å²) in [7, 11) is 0. The number of rotatable bonds is 6. The first kappa shape index (κ1) is 15.2. The molecule has 1 saturated carbocycles. The summed E-state index contributed by atoms with van der Waals surface area (Å²) < 4.78 is 0. The molecule has 0 atom stereocenters. The second-order valence-electron chi connectivity index (χ2n) is 5.31. The third-order valence-electron chi connectivity index (χ3n) is 3.61. The van der Waals surface area contributed by atoms with Gasteiger partial charge in [0.15, 0.2) is 0 Å². The summed E-state index contributed by atoms with van der Waals surface area (Å²) in [6, 6.07) is 6.34. The van der Waals surface area contributed by atoms with E-state index in [2.05, 4.69) is 36.1 Å². The summed E-state index contributed by atoms with van der Waals surface area (Å²) >= 11 is 8.19. The van der Waals surface area contributed by atoms with Crippen LogP contribution in [0.5, 0.6) is 0 Å². The molecule has 0 bridgehead atoms. The van der Waals surface area contributed by atoms with Gasteiger partial charge in [0.25, 0.3) is 0 Å². The maximum Gasteiger partial charge on any atom is 0.0410 e. The lowest BCUT2D eigenvalue weighted by molar-refractivity contribution is 0.516. The lowest BCUT2D eigenvalue weighted by Gasteiger charge is -2.22.